The first kappa shape index (κ1) is 21.5. The molecular formula is C21H22F3NO3S. The Labute approximate surface area is 170 Å². The molecule has 0 radical (unpaired) electrons. The molecule has 2 aromatic rings. The number of benzene rings is 2. The summed E-state index contributed by atoms with van der Waals surface area (Å²) >= 11 is 0. The van der Waals surface area contributed by atoms with E-state index in [1.165, 1.54) is 12.1 Å². The molecule has 1 heterocycles. The molecule has 0 spiro atoms. The predicted octanol–water partition coefficient (Wildman–Crippen LogP) is 4.02. The van der Waals surface area contributed by atoms with E-state index in [1.807, 2.05) is 0 Å². The Hall–Kier alpha value is -2.19. The molecule has 29 heavy (non-hydrogen) atoms. The molecule has 0 atom stereocenters. The second kappa shape index (κ2) is 9.54. The molecule has 0 bridgehead atoms. The minimum Gasteiger partial charge on any atom is -0.493 e. The van der Waals surface area contributed by atoms with Crippen molar-refractivity contribution in [2.24, 2.45) is 0 Å². The van der Waals surface area contributed by atoms with E-state index in [4.69, 9.17) is 4.74 Å². The highest BCUT2D eigenvalue weighted by atomic mass is 32.2. The van der Waals surface area contributed by atoms with Crippen LogP contribution < -0.4 is 4.74 Å². The van der Waals surface area contributed by atoms with E-state index in [-0.39, 0.29) is 0 Å². The van der Waals surface area contributed by atoms with Crippen LogP contribution in [0.4, 0.5) is 13.2 Å². The van der Waals surface area contributed by atoms with Crippen molar-refractivity contribution in [2.75, 3.05) is 37.7 Å². The summed E-state index contributed by atoms with van der Waals surface area (Å²) in [6, 6.07) is 9.77. The second-order valence-electron chi connectivity index (χ2n) is 6.84. The van der Waals surface area contributed by atoms with Crippen LogP contribution in [0.5, 0.6) is 5.75 Å². The number of alkyl halides is 3. The van der Waals surface area contributed by atoms with Gasteiger partial charge in [0.1, 0.15) is 12.0 Å². The van der Waals surface area contributed by atoms with Crippen molar-refractivity contribution < 1.29 is 26.9 Å². The van der Waals surface area contributed by atoms with Crippen LogP contribution in [0.15, 0.2) is 42.5 Å². The summed E-state index contributed by atoms with van der Waals surface area (Å²) in [6.45, 7) is 2.85. The monoisotopic (exact) mass is 425 g/mol. The van der Waals surface area contributed by atoms with Gasteiger partial charge in [-0.05, 0) is 36.2 Å². The summed E-state index contributed by atoms with van der Waals surface area (Å²) < 4.78 is 55.7. The van der Waals surface area contributed by atoms with Gasteiger partial charge in [0.05, 0.1) is 12.2 Å². The zero-order chi connectivity index (χ0) is 20.9. The van der Waals surface area contributed by atoms with Crippen molar-refractivity contribution in [2.45, 2.75) is 12.6 Å². The first-order chi connectivity index (χ1) is 13.9. The lowest BCUT2D eigenvalue weighted by Gasteiger charge is -2.25. The fourth-order valence-corrected chi connectivity index (χ4v) is 4.31. The Kier molecular flexibility index (Phi) is 7.08. The minimum atomic E-state index is -4.39. The Morgan fingerprint density at radius 2 is 1.76 bits per heavy atom. The van der Waals surface area contributed by atoms with Gasteiger partial charge in [0, 0.05) is 53.1 Å². The lowest BCUT2D eigenvalue weighted by Crippen LogP contribution is -2.38. The fraction of sp³-hybridized carbons (Fsp3) is 0.381. The molecule has 1 saturated heterocycles. The minimum absolute atomic E-state index is 0.412. The number of hydrogen-bond acceptors (Lipinski definition) is 4. The molecule has 0 aromatic heterocycles. The van der Waals surface area contributed by atoms with Crippen molar-refractivity contribution in [1.82, 2.24) is 4.90 Å². The van der Waals surface area contributed by atoms with Crippen molar-refractivity contribution in [3.8, 4) is 16.9 Å². The van der Waals surface area contributed by atoms with Crippen LogP contribution in [0.25, 0.3) is 11.1 Å². The number of nitrogens with zero attached hydrogens (tertiary/aromatic N) is 1. The van der Waals surface area contributed by atoms with E-state index < -0.39 is 22.5 Å². The molecule has 1 aliphatic rings. The van der Waals surface area contributed by atoms with Gasteiger partial charge in [-0.25, -0.2) is 0 Å². The van der Waals surface area contributed by atoms with Gasteiger partial charge >= 0.3 is 6.18 Å². The van der Waals surface area contributed by atoms with Gasteiger partial charge in [0.25, 0.3) is 0 Å². The molecule has 1 fully saturated rings. The molecule has 156 valence electrons. The molecule has 1 aliphatic heterocycles. The molecule has 4 nitrogen and oxygen atoms in total. The van der Waals surface area contributed by atoms with Crippen molar-refractivity contribution in [3.05, 3.63) is 53.6 Å². The Morgan fingerprint density at radius 3 is 2.38 bits per heavy atom. The molecule has 0 saturated carbocycles. The maximum absolute atomic E-state index is 12.8. The maximum Gasteiger partial charge on any atom is 0.416 e. The normalized spacial score (nSPS) is 16.0. The highest BCUT2D eigenvalue weighted by molar-refractivity contribution is 7.85. The second-order valence-corrected chi connectivity index (χ2v) is 8.54. The number of carbonyl (C=O) groups is 1. The maximum atomic E-state index is 12.8. The van der Waals surface area contributed by atoms with Crippen LogP contribution in [-0.4, -0.2) is 53.1 Å². The molecule has 2 aromatic carbocycles. The molecule has 8 heteroatoms. The third-order valence-corrected chi connectivity index (χ3v) is 6.09. The summed E-state index contributed by atoms with van der Waals surface area (Å²) in [5.74, 6) is 1.86. The van der Waals surface area contributed by atoms with Crippen LogP contribution in [0.1, 0.15) is 22.3 Å². The quantitative estimate of drug-likeness (QED) is 0.497. The summed E-state index contributed by atoms with van der Waals surface area (Å²) in [5, 5.41) is 0. The van der Waals surface area contributed by atoms with Crippen molar-refractivity contribution >= 4 is 17.1 Å². The van der Waals surface area contributed by atoms with Gasteiger partial charge in [0.15, 0.2) is 0 Å². The topological polar surface area (TPSA) is 46.6 Å². The number of ether oxygens (including phenoxy) is 1. The van der Waals surface area contributed by atoms with Crippen LogP contribution in [0.2, 0.25) is 0 Å². The lowest BCUT2D eigenvalue weighted by atomic mass is 10.0. The zero-order valence-corrected chi connectivity index (χ0v) is 16.6. The average molecular weight is 425 g/mol. The molecule has 0 amide bonds. The van der Waals surface area contributed by atoms with Gasteiger partial charge in [-0.2, -0.15) is 13.2 Å². The summed E-state index contributed by atoms with van der Waals surface area (Å²) in [4.78, 5) is 13.4. The molecular weight excluding hydrogens is 403 g/mol. The highest BCUT2D eigenvalue weighted by Gasteiger charge is 2.30. The van der Waals surface area contributed by atoms with E-state index in [0.29, 0.717) is 46.8 Å². The predicted molar refractivity (Wildman–Crippen MR) is 107 cm³/mol. The first-order valence-electron chi connectivity index (χ1n) is 9.34. The zero-order valence-electron chi connectivity index (χ0n) is 15.8. The summed E-state index contributed by atoms with van der Waals surface area (Å²) in [6.07, 6.45) is -2.93. The smallest absolute Gasteiger partial charge is 0.416 e. The Bertz CT molecular complexity index is 858. The van der Waals surface area contributed by atoms with Crippen LogP contribution >= 0.6 is 0 Å². The van der Waals surface area contributed by atoms with E-state index in [0.717, 1.165) is 38.2 Å². The number of aldehydes is 1. The van der Waals surface area contributed by atoms with Crippen LogP contribution in [-0.2, 0) is 17.0 Å². The van der Waals surface area contributed by atoms with Gasteiger partial charge in [-0.15, -0.1) is 0 Å². The molecule has 0 aliphatic carbocycles. The Balaban J connectivity index is 1.67. The van der Waals surface area contributed by atoms with Gasteiger partial charge in [-0.1, -0.05) is 18.2 Å². The van der Waals surface area contributed by atoms with Crippen LogP contribution in [0, 0.1) is 0 Å². The van der Waals surface area contributed by atoms with E-state index in [1.54, 1.807) is 18.2 Å². The average Bonchev–Trinajstić information content (AvgIpc) is 2.72. The fourth-order valence-electron chi connectivity index (χ4n) is 3.18. The van der Waals surface area contributed by atoms with Gasteiger partial charge in [0.2, 0.25) is 0 Å². The molecule has 0 N–H and O–H groups in total. The third kappa shape index (κ3) is 5.90. The molecule has 3 rings (SSSR count). The highest BCUT2D eigenvalue weighted by Crippen LogP contribution is 2.34. The third-order valence-electron chi connectivity index (χ3n) is 4.81. The molecule has 0 unspecified atom stereocenters. The van der Waals surface area contributed by atoms with Crippen molar-refractivity contribution in [3.63, 3.8) is 0 Å². The van der Waals surface area contributed by atoms with Gasteiger partial charge < -0.3 is 9.64 Å². The summed E-state index contributed by atoms with van der Waals surface area (Å²) in [7, 11) is -0.710. The standard InChI is InChI=1S/C21H22F3NO3S/c22-21(23,24)18-5-3-17(4-6-18)19-7-2-16(15-26)14-20(19)28-11-1-8-25-9-12-29(27)13-10-25/h2-7,14-15H,1,8-13H2. The van der Waals surface area contributed by atoms with E-state index >= 15 is 0 Å². The lowest BCUT2D eigenvalue weighted by molar-refractivity contribution is -0.137. The first-order valence-corrected chi connectivity index (χ1v) is 10.8. The number of rotatable bonds is 7. The van der Waals surface area contributed by atoms with Crippen LogP contribution in [0.3, 0.4) is 0 Å². The largest absolute Gasteiger partial charge is 0.493 e. The number of hydrogen-bond donors (Lipinski definition) is 0. The van der Waals surface area contributed by atoms with E-state index in [9.17, 15) is 22.2 Å². The van der Waals surface area contributed by atoms with Gasteiger partial charge in [-0.3, -0.25) is 9.00 Å². The van der Waals surface area contributed by atoms with Crippen molar-refractivity contribution in [1.29, 1.82) is 0 Å². The number of halogens is 3. The Morgan fingerprint density at radius 1 is 1.07 bits per heavy atom. The summed E-state index contributed by atoms with van der Waals surface area (Å²) in [5.41, 5.74) is 0.950. The SMILES string of the molecule is O=Cc1ccc(-c2ccc(C(F)(F)F)cc2)c(OCCCN2CCS(=O)CC2)c1. The number of carbonyl (C=O) groups excluding carboxylic acids is 1. The van der Waals surface area contributed by atoms with E-state index in [2.05, 4.69) is 4.90 Å².